The number of ketones is 1. The minimum absolute atomic E-state index is 0.213. The van der Waals surface area contributed by atoms with Gasteiger partial charge >= 0.3 is 0 Å². The molecule has 0 radical (unpaired) electrons. The molecule has 0 spiro atoms. The van der Waals surface area contributed by atoms with E-state index in [9.17, 15) is 4.79 Å². The first-order valence-electron chi connectivity index (χ1n) is 6.67. The van der Waals surface area contributed by atoms with E-state index < -0.39 is 0 Å². The van der Waals surface area contributed by atoms with Gasteiger partial charge in [-0.15, -0.1) is 0 Å². The Morgan fingerprint density at radius 3 is 2.58 bits per heavy atom. The standard InChI is InChI=1S/C17H19NO/c1-13-11-14(2)16(18-12-13)9-6-10-17(19)15-7-4-3-5-8-15/h3-5,7-8,11-12H,6,9-10H2,1-2H3. The van der Waals surface area contributed by atoms with Crippen molar-refractivity contribution in [3.63, 3.8) is 0 Å². The zero-order valence-corrected chi connectivity index (χ0v) is 11.5. The summed E-state index contributed by atoms with van der Waals surface area (Å²) < 4.78 is 0. The van der Waals surface area contributed by atoms with Crippen molar-refractivity contribution in [3.05, 3.63) is 65.0 Å². The molecule has 0 atom stereocenters. The minimum Gasteiger partial charge on any atom is -0.294 e. The predicted octanol–water partition coefficient (Wildman–Crippen LogP) is 3.90. The van der Waals surface area contributed by atoms with Crippen LogP contribution in [0.5, 0.6) is 0 Å². The lowest BCUT2D eigenvalue weighted by atomic mass is 10.0. The van der Waals surface area contributed by atoms with Crippen molar-refractivity contribution in [3.8, 4) is 0 Å². The molecule has 0 aliphatic rings. The van der Waals surface area contributed by atoms with Crippen molar-refractivity contribution in [2.24, 2.45) is 0 Å². The lowest BCUT2D eigenvalue weighted by Gasteiger charge is -2.05. The molecular formula is C17H19NO. The number of aromatic nitrogens is 1. The number of carbonyl (C=O) groups excluding carboxylic acids is 1. The van der Waals surface area contributed by atoms with Gasteiger partial charge in [0.05, 0.1) is 0 Å². The molecule has 0 aliphatic carbocycles. The van der Waals surface area contributed by atoms with Crippen molar-refractivity contribution in [1.82, 2.24) is 4.98 Å². The topological polar surface area (TPSA) is 30.0 Å². The number of hydrogen-bond donors (Lipinski definition) is 0. The molecule has 0 N–H and O–H groups in total. The highest BCUT2D eigenvalue weighted by Gasteiger charge is 2.06. The molecule has 2 rings (SSSR count). The van der Waals surface area contributed by atoms with Crippen LogP contribution in [0, 0.1) is 13.8 Å². The molecule has 1 aromatic carbocycles. The average Bonchev–Trinajstić information content (AvgIpc) is 2.42. The van der Waals surface area contributed by atoms with Crippen molar-refractivity contribution in [2.45, 2.75) is 33.1 Å². The van der Waals surface area contributed by atoms with E-state index in [0.717, 1.165) is 24.1 Å². The SMILES string of the molecule is Cc1cnc(CCCC(=O)c2ccccc2)c(C)c1. The van der Waals surface area contributed by atoms with Gasteiger partial charge in [-0.25, -0.2) is 0 Å². The van der Waals surface area contributed by atoms with Gasteiger partial charge in [0.2, 0.25) is 0 Å². The van der Waals surface area contributed by atoms with Crippen LogP contribution in [0.4, 0.5) is 0 Å². The normalized spacial score (nSPS) is 10.4. The van der Waals surface area contributed by atoms with Gasteiger partial charge in [-0.3, -0.25) is 9.78 Å². The number of nitrogens with zero attached hydrogens (tertiary/aromatic N) is 1. The lowest BCUT2D eigenvalue weighted by Crippen LogP contribution is -2.01. The van der Waals surface area contributed by atoms with E-state index >= 15 is 0 Å². The molecule has 0 unspecified atom stereocenters. The molecule has 0 aliphatic heterocycles. The minimum atomic E-state index is 0.213. The average molecular weight is 253 g/mol. The molecule has 2 heteroatoms. The third-order valence-corrected chi connectivity index (χ3v) is 3.24. The first-order valence-corrected chi connectivity index (χ1v) is 6.67. The van der Waals surface area contributed by atoms with E-state index in [1.54, 1.807) is 0 Å². The van der Waals surface area contributed by atoms with Gasteiger partial charge in [-0.1, -0.05) is 36.4 Å². The van der Waals surface area contributed by atoms with Crippen LogP contribution in [0.1, 0.15) is 40.0 Å². The summed E-state index contributed by atoms with van der Waals surface area (Å²) in [7, 11) is 0. The highest BCUT2D eigenvalue weighted by atomic mass is 16.1. The van der Waals surface area contributed by atoms with Gasteiger partial charge in [0.1, 0.15) is 0 Å². The summed E-state index contributed by atoms with van der Waals surface area (Å²) >= 11 is 0. The Morgan fingerprint density at radius 2 is 1.89 bits per heavy atom. The van der Waals surface area contributed by atoms with Gasteiger partial charge in [-0.2, -0.15) is 0 Å². The molecule has 2 aromatic rings. The fraction of sp³-hybridized carbons (Fsp3) is 0.294. The molecule has 1 aromatic heterocycles. The second-order valence-electron chi connectivity index (χ2n) is 4.92. The van der Waals surface area contributed by atoms with Crippen LogP contribution in [0.25, 0.3) is 0 Å². The number of hydrogen-bond acceptors (Lipinski definition) is 2. The third kappa shape index (κ3) is 3.75. The largest absolute Gasteiger partial charge is 0.294 e. The summed E-state index contributed by atoms with van der Waals surface area (Å²) in [6, 6.07) is 11.6. The maximum atomic E-state index is 12.0. The third-order valence-electron chi connectivity index (χ3n) is 3.24. The van der Waals surface area contributed by atoms with Crippen molar-refractivity contribution in [2.75, 3.05) is 0 Å². The fourth-order valence-corrected chi connectivity index (χ4v) is 2.19. The van der Waals surface area contributed by atoms with E-state index in [0.29, 0.717) is 6.42 Å². The van der Waals surface area contributed by atoms with Crippen LogP contribution in [0.15, 0.2) is 42.6 Å². The van der Waals surface area contributed by atoms with E-state index in [2.05, 4.69) is 18.0 Å². The van der Waals surface area contributed by atoms with Crippen LogP contribution < -0.4 is 0 Å². The number of aryl methyl sites for hydroxylation is 3. The van der Waals surface area contributed by atoms with Gasteiger partial charge in [0.25, 0.3) is 0 Å². The highest BCUT2D eigenvalue weighted by molar-refractivity contribution is 5.95. The van der Waals surface area contributed by atoms with E-state index in [4.69, 9.17) is 0 Å². The molecule has 19 heavy (non-hydrogen) atoms. The Kier molecular flexibility index (Phi) is 4.45. The smallest absolute Gasteiger partial charge is 0.162 e. The maximum absolute atomic E-state index is 12.0. The highest BCUT2D eigenvalue weighted by Crippen LogP contribution is 2.12. The maximum Gasteiger partial charge on any atom is 0.162 e. The lowest BCUT2D eigenvalue weighted by molar-refractivity contribution is 0.0980. The van der Waals surface area contributed by atoms with Gasteiger partial charge in [-0.05, 0) is 37.8 Å². The van der Waals surface area contributed by atoms with Crippen LogP contribution in [0.3, 0.4) is 0 Å². The molecule has 0 saturated heterocycles. The summed E-state index contributed by atoms with van der Waals surface area (Å²) in [5, 5.41) is 0. The Hall–Kier alpha value is -1.96. The number of carbonyl (C=O) groups is 1. The molecule has 0 saturated carbocycles. The van der Waals surface area contributed by atoms with Crippen LogP contribution in [0.2, 0.25) is 0 Å². The number of Topliss-reactive ketones (excluding diaryl/α,β-unsaturated/α-hetero) is 1. The van der Waals surface area contributed by atoms with Gasteiger partial charge < -0.3 is 0 Å². The number of rotatable bonds is 5. The molecule has 0 amide bonds. The van der Waals surface area contributed by atoms with E-state index in [1.165, 1.54) is 11.1 Å². The first kappa shape index (κ1) is 13.5. The summed E-state index contributed by atoms with van der Waals surface area (Å²) in [5.41, 5.74) is 4.30. The molecule has 0 fully saturated rings. The Morgan fingerprint density at radius 1 is 1.16 bits per heavy atom. The molecular weight excluding hydrogens is 234 g/mol. The van der Waals surface area contributed by atoms with Crippen molar-refractivity contribution >= 4 is 5.78 Å². The summed E-state index contributed by atoms with van der Waals surface area (Å²) in [6.07, 6.45) is 4.19. The Balaban J connectivity index is 1.88. The molecule has 0 bridgehead atoms. The van der Waals surface area contributed by atoms with Gasteiger partial charge in [0, 0.05) is 23.9 Å². The first-order chi connectivity index (χ1) is 9.16. The van der Waals surface area contributed by atoms with E-state index in [-0.39, 0.29) is 5.78 Å². The summed E-state index contributed by atoms with van der Waals surface area (Å²) in [4.78, 5) is 16.4. The quantitative estimate of drug-likeness (QED) is 0.756. The molecule has 2 nitrogen and oxygen atoms in total. The summed E-state index contributed by atoms with van der Waals surface area (Å²) in [6.45, 7) is 4.12. The van der Waals surface area contributed by atoms with Crippen LogP contribution in [-0.2, 0) is 6.42 Å². The van der Waals surface area contributed by atoms with E-state index in [1.807, 2.05) is 43.5 Å². The van der Waals surface area contributed by atoms with Crippen LogP contribution >= 0.6 is 0 Å². The monoisotopic (exact) mass is 253 g/mol. The predicted molar refractivity (Wildman–Crippen MR) is 77.4 cm³/mol. The second kappa shape index (κ2) is 6.28. The van der Waals surface area contributed by atoms with Crippen molar-refractivity contribution in [1.29, 1.82) is 0 Å². The zero-order valence-electron chi connectivity index (χ0n) is 11.5. The molecule has 98 valence electrons. The van der Waals surface area contributed by atoms with Crippen molar-refractivity contribution < 1.29 is 4.79 Å². The zero-order chi connectivity index (χ0) is 13.7. The fourth-order valence-electron chi connectivity index (χ4n) is 2.19. The number of pyridine rings is 1. The number of benzene rings is 1. The van der Waals surface area contributed by atoms with Gasteiger partial charge in [0.15, 0.2) is 5.78 Å². The Bertz CT molecular complexity index is 561. The second-order valence-corrected chi connectivity index (χ2v) is 4.92. The summed E-state index contributed by atoms with van der Waals surface area (Å²) in [5.74, 6) is 0.213. The molecule has 1 heterocycles. The Labute approximate surface area is 114 Å². The van der Waals surface area contributed by atoms with Crippen LogP contribution in [-0.4, -0.2) is 10.8 Å².